The van der Waals surface area contributed by atoms with E-state index in [4.69, 9.17) is 14.2 Å². The minimum absolute atomic E-state index is 0.0471. The van der Waals surface area contributed by atoms with E-state index in [-0.39, 0.29) is 5.69 Å². The Labute approximate surface area is 166 Å². The number of ether oxygens (including phenoxy) is 3. The molecule has 0 radical (unpaired) electrons. The number of fused-ring (bicyclic) bond motifs is 1. The van der Waals surface area contributed by atoms with Crippen LogP contribution in [-0.4, -0.2) is 36.1 Å². The summed E-state index contributed by atoms with van der Waals surface area (Å²) in [6, 6.07) is 10.6. The van der Waals surface area contributed by atoms with Crippen molar-refractivity contribution in [1.29, 1.82) is 0 Å². The lowest BCUT2D eigenvalue weighted by Gasteiger charge is -2.19. The molecule has 150 valence electrons. The van der Waals surface area contributed by atoms with Gasteiger partial charge in [0.1, 0.15) is 13.2 Å². The highest BCUT2D eigenvalue weighted by Gasteiger charge is 2.18. The van der Waals surface area contributed by atoms with Gasteiger partial charge in [-0.2, -0.15) is 0 Å². The van der Waals surface area contributed by atoms with Gasteiger partial charge in [0, 0.05) is 30.0 Å². The van der Waals surface area contributed by atoms with Crippen LogP contribution in [0.5, 0.6) is 11.5 Å². The number of carbonyl (C=O) groups is 2. The van der Waals surface area contributed by atoms with Crippen LogP contribution in [0.1, 0.15) is 12.5 Å². The third kappa shape index (κ3) is 5.32. The Morgan fingerprint density at radius 2 is 1.83 bits per heavy atom. The summed E-state index contributed by atoms with van der Waals surface area (Å²) in [5, 5.41) is 13.3. The first-order valence-electron chi connectivity index (χ1n) is 8.76. The number of nitrogens with one attached hydrogen (secondary N) is 1. The number of anilines is 1. The number of non-ortho nitro benzene ring substituents is 1. The topological polar surface area (TPSA) is 117 Å². The molecule has 9 heteroatoms. The molecular weight excluding hydrogens is 380 g/mol. The zero-order valence-electron chi connectivity index (χ0n) is 15.5. The highest BCUT2D eigenvalue weighted by atomic mass is 16.6. The maximum absolute atomic E-state index is 12.2. The van der Waals surface area contributed by atoms with Crippen LogP contribution in [0, 0.1) is 10.1 Å². The van der Waals surface area contributed by atoms with Crippen LogP contribution in [0.4, 0.5) is 11.4 Å². The fourth-order valence-electron chi connectivity index (χ4n) is 2.50. The van der Waals surface area contributed by atoms with Crippen molar-refractivity contribution in [2.45, 2.75) is 13.0 Å². The van der Waals surface area contributed by atoms with Gasteiger partial charge in [-0.05, 0) is 42.8 Å². The predicted molar refractivity (Wildman–Crippen MR) is 104 cm³/mol. The molecule has 0 spiro atoms. The van der Waals surface area contributed by atoms with Gasteiger partial charge in [0.05, 0.1) is 4.92 Å². The first kappa shape index (κ1) is 19.9. The number of esters is 1. The zero-order chi connectivity index (χ0) is 20.8. The average Bonchev–Trinajstić information content (AvgIpc) is 2.72. The van der Waals surface area contributed by atoms with E-state index in [0.29, 0.717) is 36.0 Å². The molecule has 0 fully saturated rings. The Bertz CT molecular complexity index is 954. The lowest BCUT2D eigenvalue weighted by Crippen LogP contribution is -2.29. The molecule has 0 saturated carbocycles. The fraction of sp³-hybridized carbons (Fsp3) is 0.200. The molecular formula is C20H18N2O7. The molecule has 2 aromatic carbocycles. The van der Waals surface area contributed by atoms with Gasteiger partial charge in [-0.1, -0.05) is 0 Å². The molecule has 1 atom stereocenters. The predicted octanol–water partition coefficient (Wildman–Crippen LogP) is 2.95. The van der Waals surface area contributed by atoms with Crippen LogP contribution in [0.2, 0.25) is 0 Å². The number of hydrogen-bond acceptors (Lipinski definition) is 7. The molecule has 1 aliphatic rings. The summed E-state index contributed by atoms with van der Waals surface area (Å²) in [7, 11) is 0. The van der Waals surface area contributed by atoms with Gasteiger partial charge in [0.25, 0.3) is 11.6 Å². The van der Waals surface area contributed by atoms with E-state index >= 15 is 0 Å². The van der Waals surface area contributed by atoms with Crippen molar-refractivity contribution in [2.24, 2.45) is 0 Å². The van der Waals surface area contributed by atoms with Gasteiger partial charge >= 0.3 is 5.97 Å². The number of rotatable bonds is 6. The zero-order valence-corrected chi connectivity index (χ0v) is 15.5. The van der Waals surface area contributed by atoms with Crippen LogP contribution in [0.3, 0.4) is 0 Å². The van der Waals surface area contributed by atoms with E-state index < -0.39 is 22.9 Å². The molecule has 1 amide bonds. The van der Waals surface area contributed by atoms with Gasteiger partial charge in [-0.25, -0.2) is 4.79 Å². The second-order valence-electron chi connectivity index (χ2n) is 6.11. The van der Waals surface area contributed by atoms with Gasteiger partial charge in [0.15, 0.2) is 17.6 Å². The molecule has 2 aromatic rings. The van der Waals surface area contributed by atoms with Crippen molar-refractivity contribution in [2.75, 3.05) is 18.5 Å². The van der Waals surface area contributed by atoms with Gasteiger partial charge in [-0.3, -0.25) is 14.9 Å². The number of nitro benzene ring substituents is 1. The van der Waals surface area contributed by atoms with Crippen LogP contribution in [0.15, 0.2) is 48.5 Å². The van der Waals surface area contributed by atoms with E-state index in [9.17, 15) is 19.7 Å². The number of nitro groups is 1. The van der Waals surface area contributed by atoms with Gasteiger partial charge < -0.3 is 19.5 Å². The normalized spacial score (nSPS) is 13.6. The summed E-state index contributed by atoms with van der Waals surface area (Å²) in [5.74, 6) is -0.0817. The maximum atomic E-state index is 12.2. The van der Waals surface area contributed by atoms with Gasteiger partial charge in [0.2, 0.25) is 0 Å². The summed E-state index contributed by atoms with van der Waals surface area (Å²) in [5.41, 5.74) is 1.03. The van der Waals surface area contributed by atoms with E-state index in [1.54, 1.807) is 18.2 Å². The van der Waals surface area contributed by atoms with E-state index in [0.717, 1.165) is 6.08 Å². The highest BCUT2D eigenvalue weighted by molar-refractivity contribution is 5.96. The second kappa shape index (κ2) is 8.87. The lowest BCUT2D eigenvalue weighted by molar-refractivity contribution is -0.384. The monoisotopic (exact) mass is 398 g/mol. The largest absolute Gasteiger partial charge is 0.486 e. The Balaban J connectivity index is 1.53. The molecule has 1 N–H and O–H groups in total. The molecule has 1 aliphatic heterocycles. The van der Waals surface area contributed by atoms with Crippen molar-refractivity contribution in [3.63, 3.8) is 0 Å². The SMILES string of the molecule is C[C@H](OC(=O)/C=C/c1ccc([N+](=O)[O-])cc1)C(=O)Nc1ccc2c(c1)OCCO2. The number of amides is 1. The molecule has 0 aromatic heterocycles. The first-order valence-corrected chi connectivity index (χ1v) is 8.76. The van der Waals surface area contributed by atoms with Crippen molar-refractivity contribution in [3.8, 4) is 11.5 Å². The molecule has 1 heterocycles. The third-order valence-corrected chi connectivity index (χ3v) is 3.99. The first-order chi connectivity index (χ1) is 13.9. The van der Waals surface area contributed by atoms with Gasteiger partial charge in [-0.15, -0.1) is 0 Å². The Morgan fingerprint density at radius 3 is 2.52 bits per heavy atom. The van der Waals surface area contributed by atoms with E-state index in [1.807, 2.05) is 0 Å². The molecule has 0 saturated heterocycles. The van der Waals surface area contributed by atoms with E-state index in [2.05, 4.69) is 5.32 Å². The van der Waals surface area contributed by atoms with Crippen molar-refractivity contribution >= 4 is 29.3 Å². The quantitative estimate of drug-likeness (QED) is 0.344. The van der Waals surface area contributed by atoms with Crippen molar-refractivity contribution in [3.05, 3.63) is 64.2 Å². The smallest absolute Gasteiger partial charge is 0.331 e. The number of hydrogen-bond donors (Lipinski definition) is 1. The second-order valence-corrected chi connectivity index (χ2v) is 6.11. The van der Waals surface area contributed by atoms with Crippen LogP contribution < -0.4 is 14.8 Å². The molecule has 9 nitrogen and oxygen atoms in total. The number of benzene rings is 2. The molecule has 3 rings (SSSR count). The van der Waals surface area contributed by atoms with Crippen LogP contribution in [-0.2, 0) is 14.3 Å². The highest BCUT2D eigenvalue weighted by Crippen LogP contribution is 2.32. The molecule has 0 bridgehead atoms. The Kier molecular flexibility index (Phi) is 6.08. The minimum Gasteiger partial charge on any atom is -0.486 e. The Hall–Kier alpha value is -3.88. The van der Waals surface area contributed by atoms with Crippen molar-refractivity contribution < 1.29 is 28.7 Å². The maximum Gasteiger partial charge on any atom is 0.331 e. The van der Waals surface area contributed by atoms with E-state index in [1.165, 1.54) is 37.3 Å². The Morgan fingerprint density at radius 1 is 1.14 bits per heavy atom. The van der Waals surface area contributed by atoms with Crippen LogP contribution >= 0.6 is 0 Å². The minimum atomic E-state index is -1.03. The standard InChI is InChI=1S/C20H18N2O7/c1-13(20(24)21-15-5-8-17-18(12-15)28-11-10-27-17)29-19(23)9-4-14-2-6-16(7-3-14)22(25)26/h2-9,12-13H,10-11H2,1H3,(H,21,24)/b9-4+/t13-/m0/s1. The average molecular weight is 398 g/mol. The van der Waals surface area contributed by atoms with Crippen molar-refractivity contribution in [1.82, 2.24) is 0 Å². The summed E-state index contributed by atoms with van der Waals surface area (Å²) in [6.07, 6.45) is 1.56. The summed E-state index contributed by atoms with van der Waals surface area (Å²) < 4.78 is 16.0. The summed E-state index contributed by atoms with van der Waals surface area (Å²) in [4.78, 5) is 34.3. The number of carbonyl (C=O) groups excluding carboxylic acids is 2. The summed E-state index contributed by atoms with van der Waals surface area (Å²) in [6.45, 7) is 2.35. The molecule has 0 unspecified atom stereocenters. The number of nitrogens with zero attached hydrogens (tertiary/aromatic N) is 1. The fourth-order valence-corrected chi connectivity index (χ4v) is 2.50. The summed E-state index contributed by atoms with van der Waals surface area (Å²) >= 11 is 0. The third-order valence-electron chi connectivity index (χ3n) is 3.99. The molecule has 0 aliphatic carbocycles. The molecule has 29 heavy (non-hydrogen) atoms. The van der Waals surface area contributed by atoms with Crippen LogP contribution in [0.25, 0.3) is 6.08 Å². The lowest BCUT2D eigenvalue weighted by atomic mass is 10.2.